The highest BCUT2D eigenvalue weighted by Gasteiger charge is 2.22. The lowest BCUT2D eigenvalue weighted by atomic mass is 10.1. The number of nitrogens with one attached hydrogen (secondary N) is 2. The minimum atomic E-state index is -3.88. The Balaban J connectivity index is 2.48. The van der Waals surface area contributed by atoms with Crippen molar-refractivity contribution in [3.8, 4) is 0 Å². The molecule has 0 saturated carbocycles. The number of aromatic amines is 1. The predicted molar refractivity (Wildman–Crippen MR) is 72.3 cm³/mol. The number of hydrogen-bond donors (Lipinski definition) is 3. The molecule has 1 aromatic heterocycles. The minimum absolute atomic E-state index is 0.0182. The summed E-state index contributed by atoms with van der Waals surface area (Å²) in [6, 6.07) is 4.59. The van der Waals surface area contributed by atoms with E-state index in [-0.39, 0.29) is 16.1 Å². The Morgan fingerprint density at radius 2 is 2.05 bits per heavy atom. The average molecular weight is 295 g/mol. The van der Waals surface area contributed by atoms with Crippen LogP contribution in [0.15, 0.2) is 29.3 Å². The number of aryl methyl sites for hydroxylation is 2. The van der Waals surface area contributed by atoms with Crippen molar-refractivity contribution in [3.05, 3.63) is 41.2 Å². The van der Waals surface area contributed by atoms with Gasteiger partial charge in [-0.3, -0.25) is 9.82 Å². The van der Waals surface area contributed by atoms with Crippen LogP contribution < -0.4 is 4.72 Å². The van der Waals surface area contributed by atoms with Crippen molar-refractivity contribution in [1.82, 2.24) is 10.2 Å². The Morgan fingerprint density at radius 3 is 2.60 bits per heavy atom. The number of nitrogens with zero attached hydrogens (tertiary/aromatic N) is 1. The molecule has 0 radical (unpaired) electrons. The Hall–Kier alpha value is -2.35. The Morgan fingerprint density at radius 1 is 1.35 bits per heavy atom. The summed E-state index contributed by atoms with van der Waals surface area (Å²) in [6.45, 7) is 3.17. The summed E-state index contributed by atoms with van der Waals surface area (Å²) in [5.74, 6) is -1.19. The van der Waals surface area contributed by atoms with E-state index in [2.05, 4.69) is 14.9 Å². The van der Waals surface area contributed by atoms with Crippen LogP contribution in [-0.4, -0.2) is 29.7 Å². The molecule has 0 fully saturated rings. The van der Waals surface area contributed by atoms with Crippen LogP contribution in [0.25, 0.3) is 0 Å². The molecule has 1 aromatic carbocycles. The topological polar surface area (TPSA) is 112 Å². The normalized spacial score (nSPS) is 11.3. The third-order valence-electron chi connectivity index (χ3n) is 2.80. The van der Waals surface area contributed by atoms with E-state index in [0.29, 0.717) is 11.3 Å². The van der Waals surface area contributed by atoms with Crippen molar-refractivity contribution in [2.75, 3.05) is 4.72 Å². The van der Waals surface area contributed by atoms with Crippen molar-refractivity contribution < 1.29 is 18.3 Å². The summed E-state index contributed by atoms with van der Waals surface area (Å²) in [5.41, 5.74) is 0.805. The van der Waals surface area contributed by atoms with Crippen molar-refractivity contribution in [2.45, 2.75) is 18.7 Å². The molecule has 0 bridgehead atoms. The molecule has 0 atom stereocenters. The molecule has 0 saturated heterocycles. The first kappa shape index (κ1) is 14.1. The van der Waals surface area contributed by atoms with E-state index in [1.165, 1.54) is 12.3 Å². The van der Waals surface area contributed by atoms with Gasteiger partial charge in [-0.05, 0) is 25.5 Å². The van der Waals surface area contributed by atoms with Gasteiger partial charge >= 0.3 is 5.97 Å². The third-order valence-corrected chi connectivity index (χ3v) is 4.28. The Kier molecular flexibility index (Phi) is 3.49. The summed E-state index contributed by atoms with van der Waals surface area (Å²) < 4.78 is 26.7. The standard InChI is InChI=1S/C12H13N3O4S/c1-7-4-3-5-9(11(7)12(16)17)15-20(18,19)10-6-13-14-8(10)2/h3-6,15H,1-2H3,(H,13,14)(H,16,17). The van der Waals surface area contributed by atoms with Crippen LogP contribution in [0.3, 0.4) is 0 Å². The Bertz CT molecular complexity index is 765. The zero-order chi connectivity index (χ0) is 14.9. The van der Waals surface area contributed by atoms with Crippen LogP contribution in [0.1, 0.15) is 21.6 Å². The number of H-pyrrole nitrogens is 1. The molecule has 1 heterocycles. The molecule has 7 nitrogen and oxygen atoms in total. The van der Waals surface area contributed by atoms with E-state index >= 15 is 0 Å². The highest BCUT2D eigenvalue weighted by atomic mass is 32.2. The van der Waals surface area contributed by atoms with Gasteiger partial charge in [-0.2, -0.15) is 5.10 Å². The molecule has 0 aliphatic rings. The third kappa shape index (κ3) is 2.50. The zero-order valence-electron chi connectivity index (χ0n) is 10.8. The number of carboxylic acids is 1. The summed E-state index contributed by atoms with van der Waals surface area (Å²) in [7, 11) is -3.88. The molecular weight excluding hydrogens is 282 g/mol. The number of hydrogen-bond acceptors (Lipinski definition) is 4. The maximum Gasteiger partial charge on any atom is 0.338 e. The SMILES string of the molecule is Cc1cccc(NS(=O)(=O)c2cn[nH]c2C)c1C(=O)O. The van der Waals surface area contributed by atoms with Gasteiger partial charge in [-0.25, -0.2) is 13.2 Å². The van der Waals surface area contributed by atoms with Crippen LogP contribution in [0, 0.1) is 13.8 Å². The van der Waals surface area contributed by atoms with E-state index < -0.39 is 16.0 Å². The molecule has 106 valence electrons. The lowest BCUT2D eigenvalue weighted by molar-refractivity contribution is 0.0697. The number of sulfonamides is 1. The van der Waals surface area contributed by atoms with Gasteiger partial charge in [0.15, 0.2) is 0 Å². The largest absolute Gasteiger partial charge is 0.478 e. The summed E-state index contributed by atoms with van der Waals surface area (Å²) in [6.07, 6.45) is 1.17. The lowest BCUT2D eigenvalue weighted by Gasteiger charge is -2.11. The quantitative estimate of drug-likeness (QED) is 0.791. The van der Waals surface area contributed by atoms with Gasteiger partial charge in [0.2, 0.25) is 0 Å². The number of carboxylic acid groups (broad SMARTS) is 1. The first-order valence-corrected chi connectivity index (χ1v) is 7.17. The fraction of sp³-hybridized carbons (Fsp3) is 0.167. The highest BCUT2D eigenvalue weighted by molar-refractivity contribution is 7.92. The van der Waals surface area contributed by atoms with Crippen molar-refractivity contribution in [2.24, 2.45) is 0 Å². The summed E-state index contributed by atoms with van der Waals surface area (Å²) in [4.78, 5) is 11.2. The van der Waals surface area contributed by atoms with Gasteiger partial charge < -0.3 is 5.11 Å². The molecule has 2 aromatic rings. The second kappa shape index (κ2) is 4.97. The number of aromatic nitrogens is 2. The number of aromatic carboxylic acids is 1. The molecule has 0 amide bonds. The fourth-order valence-corrected chi connectivity index (χ4v) is 3.06. The highest BCUT2D eigenvalue weighted by Crippen LogP contribution is 2.23. The van der Waals surface area contributed by atoms with E-state index in [0.717, 1.165) is 0 Å². The lowest BCUT2D eigenvalue weighted by Crippen LogP contribution is -2.16. The molecule has 0 spiro atoms. The molecule has 8 heteroatoms. The molecular formula is C12H13N3O4S. The smallest absolute Gasteiger partial charge is 0.338 e. The first-order valence-electron chi connectivity index (χ1n) is 5.68. The molecule has 20 heavy (non-hydrogen) atoms. The van der Waals surface area contributed by atoms with Crippen LogP contribution in [0.4, 0.5) is 5.69 Å². The number of benzene rings is 1. The number of carbonyl (C=O) groups is 1. The minimum Gasteiger partial charge on any atom is -0.478 e. The number of anilines is 1. The van der Waals surface area contributed by atoms with Crippen LogP contribution in [0.2, 0.25) is 0 Å². The van der Waals surface area contributed by atoms with Gasteiger partial charge in [0.25, 0.3) is 10.0 Å². The van der Waals surface area contributed by atoms with Gasteiger partial charge in [0.05, 0.1) is 23.1 Å². The summed E-state index contributed by atoms with van der Waals surface area (Å²) >= 11 is 0. The van der Waals surface area contributed by atoms with Crippen LogP contribution in [-0.2, 0) is 10.0 Å². The van der Waals surface area contributed by atoms with Crippen molar-refractivity contribution in [1.29, 1.82) is 0 Å². The van der Waals surface area contributed by atoms with Gasteiger partial charge in [-0.1, -0.05) is 12.1 Å². The second-order valence-corrected chi connectivity index (χ2v) is 5.92. The molecule has 0 aliphatic heterocycles. The van der Waals surface area contributed by atoms with E-state index in [4.69, 9.17) is 0 Å². The molecule has 3 N–H and O–H groups in total. The second-order valence-electron chi connectivity index (χ2n) is 4.27. The summed E-state index contributed by atoms with van der Waals surface area (Å²) in [5, 5.41) is 15.3. The Labute approximate surface area is 115 Å². The van der Waals surface area contributed by atoms with Crippen LogP contribution >= 0.6 is 0 Å². The van der Waals surface area contributed by atoms with Gasteiger partial charge in [0.1, 0.15) is 4.90 Å². The maximum absolute atomic E-state index is 12.2. The van der Waals surface area contributed by atoms with E-state index in [1.54, 1.807) is 26.0 Å². The maximum atomic E-state index is 12.2. The van der Waals surface area contributed by atoms with E-state index in [1.807, 2.05) is 0 Å². The first-order chi connectivity index (χ1) is 9.33. The molecule has 0 aliphatic carbocycles. The predicted octanol–water partition coefficient (Wildman–Crippen LogP) is 1.53. The average Bonchev–Trinajstić information content (AvgIpc) is 2.75. The molecule has 0 unspecified atom stereocenters. The van der Waals surface area contributed by atoms with Gasteiger partial charge in [-0.15, -0.1) is 0 Å². The van der Waals surface area contributed by atoms with Crippen molar-refractivity contribution >= 4 is 21.7 Å². The molecule has 2 rings (SSSR count). The monoisotopic (exact) mass is 295 g/mol. The number of rotatable bonds is 4. The van der Waals surface area contributed by atoms with Crippen molar-refractivity contribution in [3.63, 3.8) is 0 Å². The van der Waals surface area contributed by atoms with Crippen LogP contribution in [0.5, 0.6) is 0 Å². The van der Waals surface area contributed by atoms with E-state index in [9.17, 15) is 18.3 Å². The zero-order valence-corrected chi connectivity index (χ0v) is 11.7. The van der Waals surface area contributed by atoms with Gasteiger partial charge in [0, 0.05) is 0 Å². The fourth-order valence-electron chi connectivity index (χ4n) is 1.85.